The maximum atomic E-state index is 11.7. The fraction of sp³-hybridized carbons (Fsp3) is 0.273. The topological polar surface area (TPSA) is 113 Å². The number of sulfonamides is 1. The Labute approximate surface area is 105 Å². The van der Waals surface area contributed by atoms with Crippen LogP contribution >= 0.6 is 0 Å². The minimum absolute atomic E-state index is 0.0416. The number of benzene rings is 1. The highest BCUT2D eigenvalue weighted by Crippen LogP contribution is 2.18. The smallest absolute Gasteiger partial charge is 0.244 e. The third-order valence-electron chi connectivity index (χ3n) is 2.29. The van der Waals surface area contributed by atoms with Gasteiger partial charge in [0, 0.05) is 5.69 Å². The third-order valence-corrected chi connectivity index (χ3v) is 3.22. The van der Waals surface area contributed by atoms with Gasteiger partial charge in [0.05, 0.1) is 11.0 Å². The van der Waals surface area contributed by atoms with Crippen LogP contribution in [0.15, 0.2) is 29.2 Å². The Morgan fingerprint density at radius 2 is 1.83 bits per heavy atom. The monoisotopic (exact) mass is 267 g/mol. The molecule has 0 aromatic heterocycles. The Kier molecular flexibility index (Phi) is 3.74. The lowest BCUT2D eigenvalue weighted by molar-refractivity contribution is -0.121. The highest BCUT2D eigenvalue weighted by atomic mass is 32.2. The Morgan fingerprint density at radius 3 is 2.22 bits per heavy atom. The van der Waals surface area contributed by atoms with Crippen LogP contribution in [0, 0.1) is 16.7 Å². The molecule has 3 N–H and O–H groups in total. The molecule has 6 nitrogen and oxygen atoms in total. The molecule has 0 bridgehead atoms. The van der Waals surface area contributed by atoms with E-state index in [2.05, 4.69) is 5.32 Å². The molecule has 7 heteroatoms. The van der Waals surface area contributed by atoms with Gasteiger partial charge in [-0.15, -0.1) is 0 Å². The molecule has 0 heterocycles. The van der Waals surface area contributed by atoms with Gasteiger partial charge in [-0.25, -0.2) is 13.6 Å². The molecular weight excluding hydrogens is 254 g/mol. The zero-order valence-electron chi connectivity index (χ0n) is 9.97. The van der Waals surface area contributed by atoms with Gasteiger partial charge in [-0.2, -0.15) is 5.26 Å². The SMILES string of the molecule is CC(C)(C#N)C(=O)Nc1ccc(S(N)(=O)=O)cc1. The second-order valence-corrected chi connectivity index (χ2v) is 5.82. The van der Waals surface area contributed by atoms with Gasteiger partial charge in [-0.3, -0.25) is 4.79 Å². The van der Waals surface area contributed by atoms with Gasteiger partial charge in [-0.1, -0.05) is 0 Å². The molecule has 0 unspecified atom stereocenters. The average molecular weight is 267 g/mol. The van der Waals surface area contributed by atoms with Gasteiger partial charge < -0.3 is 5.32 Å². The number of nitriles is 1. The molecular formula is C11H13N3O3S. The summed E-state index contributed by atoms with van der Waals surface area (Å²) in [7, 11) is -3.75. The maximum Gasteiger partial charge on any atom is 0.244 e. The number of primary sulfonamides is 1. The summed E-state index contributed by atoms with van der Waals surface area (Å²) >= 11 is 0. The van der Waals surface area contributed by atoms with Gasteiger partial charge >= 0.3 is 0 Å². The second kappa shape index (κ2) is 4.76. The molecule has 18 heavy (non-hydrogen) atoms. The Hall–Kier alpha value is -1.91. The molecule has 0 aliphatic carbocycles. The van der Waals surface area contributed by atoms with Crippen LogP contribution in [0.5, 0.6) is 0 Å². The standard InChI is InChI=1S/C11H13N3O3S/c1-11(2,7-12)10(15)14-8-3-5-9(6-4-8)18(13,16)17/h3-6H,1-2H3,(H,14,15)(H2,13,16,17). The molecule has 0 aliphatic heterocycles. The van der Waals surface area contributed by atoms with Crippen molar-refractivity contribution in [2.75, 3.05) is 5.32 Å². The summed E-state index contributed by atoms with van der Waals surface area (Å²) in [5, 5.41) is 16.2. The van der Waals surface area contributed by atoms with Crippen molar-refractivity contribution in [3.05, 3.63) is 24.3 Å². The molecule has 1 rings (SSSR count). The zero-order valence-corrected chi connectivity index (χ0v) is 10.8. The summed E-state index contributed by atoms with van der Waals surface area (Å²) < 4.78 is 22.0. The quantitative estimate of drug-likeness (QED) is 0.844. The average Bonchev–Trinajstić information content (AvgIpc) is 2.28. The lowest BCUT2D eigenvalue weighted by Crippen LogP contribution is -2.29. The summed E-state index contributed by atoms with van der Waals surface area (Å²) in [5.41, 5.74) is -0.755. The molecule has 0 atom stereocenters. The number of amides is 1. The number of rotatable bonds is 3. The first kappa shape index (κ1) is 14.2. The highest BCUT2D eigenvalue weighted by molar-refractivity contribution is 7.89. The van der Waals surface area contributed by atoms with E-state index < -0.39 is 21.3 Å². The first-order valence-corrected chi connectivity index (χ1v) is 6.57. The van der Waals surface area contributed by atoms with E-state index in [0.29, 0.717) is 5.69 Å². The first-order valence-electron chi connectivity index (χ1n) is 5.02. The molecule has 0 saturated heterocycles. The van der Waals surface area contributed by atoms with Crippen molar-refractivity contribution < 1.29 is 13.2 Å². The number of nitrogens with one attached hydrogen (secondary N) is 1. The first-order chi connectivity index (χ1) is 8.16. The molecule has 0 spiro atoms. The third kappa shape index (κ3) is 3.29. The van der Waals surface area contributed by atoms with Crippen LogP contribution in [-0.2, 0) is 14.8 Å². The molecule has 96 valence electrons. The zero-order chi connectivity index (χ0) is 14.0. The van der Waals surface area contributed by atoms with Crippen molar-refractivity contribution in [1.29, 1.82) is 5.26 Å². The Bertz CT molecular complexity index is 597. The fourth-order valence-corrected chi connectivity index (χ4v) is 1.58. The normalized spacial score (nSPS) is 11.7. The summed E-state index contributed by atoms with van der Waals surface area (Å²) in [6.07, 6.45) is 0. The molecule has 1 aromatic carbocycles. The lowest BCUT2D eigenvalue weighted by atomic mass is 9.95. The van der Waals surface area contributed by atoms with Crippen LogP contribution in [0.3, 0.4) is 0 Å². The molecule has 0 saturated carbocycles. The Morgan fingerprint density at radius 1 is 1.33 bits per heavy atom. The minimum Gasteiger partial charge on any atom is -0.325 e. The van der Waals surface area contributed by atoms with E-state index in [1.54, 1.807) is 0 Å². The second-order valence-electron chi connectivity index (χ2n) is 4.26. The summed E-state index contributed by atoms with van der Waals surface area (Å²) in [4.78, 5) is 11.6. The van der Waals surface area contributed by atoms with E-state index in [4.69, 9.17) is 10.4 Å². The van der Waals surface area contributed by atoms with Gasteiger partial charge in [-0.05, 0) is 38.1 Å². The highest BCUT2D eigenvalue weighted by Gasteiger charge is 2.27. The molecule has 1 aromatic rings. The lowest BCUT2D eigenvalue weighted by Gasteiger charge is -2.14. The van der Waals surface area contributed by atoms with Crippen LogP contribution in [0.2, 0.25) is 0 Å². The minimum atomic E-state index is -3.75. The van der Waals surface area contributed by atoms with Gasteiger partial charge in [0.15, 0.2) is 0 Å². The summed E-state index contributed by atoms with van der Waals surface area (Å²) in [6.45, 7) is 2.97. The van der Waals surface area contributed by atoms with Crippen molar-refractivity contribution in [2.45, 2.75) is 18.7 Å². The van der Waals surface area contributed by atoms with Crippen LogP contribution in [0.4, 0.5) is 5.69 Å². The number of nitrogens with two attached hydrogens (primary N) is 1. The van der Waals surface area contributed by atoms with Crippen molar-refractivity contribution in [1.82, 2.24) is 0 Å². The molecule has 0 fully saturated rings. The van der Waals surface area contributed by atoms with E-state index in [9.17, 15) is 13.2 Å². The van der Waals surface area contributed by atoms with Gasteiger partial charge in [0.1, 0.15) is 5.41 Å². The number of carbonyl (C=O) groups excluding carboxylic acids is 1. The summed E-state index contributed by atoms with van der Waals surface area (Å²) in [6, 6.07) is 7.25. The van der Waals surface area contributed by atoms with Crippen molar-refractivity contribution >= 4 is 21.6 Å². The largest absolute Gasteiger partial charge is 0.325 e. The van der Waals surface area contributed by atoms with Gasteiger partial charge in [0.2, 0.25) is 15.9 Å². The number of anilines is 1. The van der Waals surface area contributed by atoms with Crippen molar-refractivity contribution in [2.24, 2.45) is 10.6 Å². The van der Waals surface area contributed by atoms with E-state index in [1.165, 1.54) is 38.1 Å². The number of hydrogen-bond donors (Lipinski definition) is 2. The van der Waals surface area contributed by atoms with Crippen molar-refractivity contribution in [3.63, 3.8) is 0 Å². The van der Waals surface area contributed by atoms with Crippen LogP contribution in [-0.4, -0.2) is 14.3 Å². The Balaban J connectivity index is 2.90. The van der Waals surface area contributed by atoms with Gasteiger partial charge in [0.25, 0.3) is 0 Å². The van der Waals surface area contributed by atoms with E-state index in [0.717, 1.165) is 0 Å². The number of carbonyl (C=O) groups is 1. The molecule has 0 aliphatic rings. The predicted molar refractivity (Wildman–Crippen MR) is 65.8 cm³/mol. The summed E-state index contributed by atoms with van der Waals surface area (Å²) in [5.74, 6) is -0.464. The fourth-order valence-electron chi connectivity index (χ4n) is 1.07. The van der Waals surface area contributed by atoms with Crippen molar-refractivity contribution in [3.8, 4) is 6.07 Å². The molecule has 1 amide bonds. The van der Waals surface area contributed by atoms with E-state index >= 15 is 0 Å². The number of hydrogen-bond acceptors (Lipinski definition) is 4. The maximum absolute atomic E-state index is 11.7. The predicted octanol–water partition coefficient (Wildman–Crippen LogP) is 0.822. The van der Waals surface area contributed by atoms with Crippen LogP contribution < -0.4 is 10.5 Å². The molecule has 0 radical (unpaired) electrons. The van der Waals surface area contributed by atoms with Crippen LogP contribution in [0.1, 0.15) is 13.8 Å². The van der Waals surface area contributed by atoms with E-state index in [1.807, 2.05) is 6.07 Å². The van der Waals surface area contributed by atoms with Crippen LogP contribution in [0.25, 0.3) is 0 Å². The number of nitrogens with zero attached hydrogens (tertiary/aromatic N) is 1. The van der Waals surface area contributed by atoms with E-state index in [-0.39, 0.29) is 4.90 Å².